The van der Waals surface area contributed by atoms with Crippen molar-refractivity contribution in [2.75, 3.05) is 5.32 Å². The molecule has 3 aromatic carbocycles. The summed E-state index contributed by atoms with van der Waals surface area (Å²) in [6.45, 7) is 0. The maximum atomic E-state index is 12.8. The summed E-state index contributed by atoms with van der Waals surface area (Å²) in [5.74, 6) is -0.876. The fraction of sp³-hybridized carbons (Fsp3) is 0.0526. The van der Waals surface area contributed by atoms with Crippen molar-refractivity contribution in [3.8, 4) is 11.4 Å². The minimum Gasteiger partial charge on any atom is -0.406 e. The lowest BCUT2D eigenvalue weighted by Crippen LogP contribution is -2.20. The van der Waals surface area contributed by atoms with Crippen molar-refractivity contribution in [2.45, 2.75) is 6.36 Å². The van der Waals surface area contributed by atoms with Gasteiger partial charge in [-0.25, -0.2) is 9.89 Å². The number of nitrogens with zero attached hydrogens (tertiary/aromatic N) is 3. The van der Waals surface area contributed by atoms with Crippen LogP contribution >= 0.6 is 11.6 Å². The molecule has 0 aliphatic heterocycles. The Morgan fingerprint density at radius 1 is 1.06 bits per heavy atom. The van der Waals surface area contributed by atoms with Gasteiger partial charge >= 0.3 is 12.1 Å². The van der Waals surface area contributed by atoms with Gasteiger partial charge in [-0.3, -0.25) is 4.79 Å². The van der Waals surface area contributed by atoms with Crippen molar-refractivity contribution < 1.29 is 22.7 Å². The number of alkyl halides is 3. The molecule has 0 spiro atoms. The summed E-state index contributed by atoms with van der Waals surface area (Å²) in [5.41, 5.74) is 0.0690. The Balaban J connectivity index is 1.63. The Morgan fingerprint density at radius 2 is 1.81 bits per heavy atom. The Labute approximate surface area is 176 Å². The molecule has 1 aromatic heterocycles. The first kappa shape index (κ1) is 20.4. The summed E-state index contributed by atoms with van der Waals surface area (Å²) in [6, 6.07) is 12.7. The molecule has 4 aromatic rings. The van der Waals surface area contributed by atoms with E-state index < -0.39 is 18.0 Å². The first-order chi connectivity index (χ1) is 14.7. The van der Waals surface area contributed by atoms with Gasteiger partial charge in [0.15, 0.2) is 0 Å². The number of tetrazole rings is 1. The number of aromatic nitrogens is 4. The molecule has 4 rings (SSSR count). The number of nitrogens with one attached hydrogen (secondary N) is 2. The highest BCUT2D eigenvalue weighted by Gasteiger charge is 2.31. The fourth-order valence-electron chi connectivity index (χ4n) is 2.90. The summed E-state index contributed by atoms with van der Waals surface area (Å²) in [6.07, 6.45) is -4.80. The SMILES string of the molecule is O=C(Nc1ccc(Cl)cc1-n1nn[nH]c1=O)c1ccc2cc(OC(F)(F)F)ccc2c1. The van der Waals surface area contributed by atoms with Crippen LogP contribution in [0.3, 0.4) is 0 Å². The first-order valence-electron chi connectivity index (χ1n) is 8.61. The van der Waals surface area contributed by atoms with Crippen LogP contribution in [0.5, 0.6) is 5.75 Å². The molecule has 0 saturated carbocycles. The van der Waals surface area contributed by atoms with Gasteiger partial charge in [-0.2, -0.15) is 4.68 Å². The van der Waals surface area contributed by atoms with Crippen molar-refractivity contribution in [3.05, 3.63) is 75.7 Å². The van der Waals surface area contributed by atoms with Crippen LogP contribution < -0.4 is 15.7 Å². The number of anilines is 1. The summed E-state index contributed by atoms with van der Waals surface area (Å²) in [7, 11) is 0. The molecule has 0 atom stereocenters. The Hall–Kier alpha value is -3.86. The van der Waals surface area contributed by atoms with Gasteiger partial charge in [0, 0.05) is 10.6 Å². The van der Waals surface area contributed by atoms with Gasteiger partial charge in [0.25, 0.3) is 5.91 Å². The number of benzene rings is 3. The third kappa shape index (κ3) is 4.51. The zero-order chi connectivity index (χ0) is 22.2. The zero-order valence-electron chi connectivity index (χ0n) is 15.3. The fourth-order valence-corrected chi connectivity index (χ4v) is 3.06. The van der Waals surface area contributed by atoms with E-state index in [4.69, 9.17) is 11.6 Å². The third-order valence-corrected chi connectivity index (χ3v) is 4.45. The van der Waals surface area contributed by atoms with Crippen LogP contribution in [0.4, 0.5) is 18.9 Å². The van der Waals surface area contributed by atoms with Gasteiger partial charge < -0.3 is 10.1 Å². The minimum absolute atomic E-state index is 0.203. The minimum atomic E-state index is -4.80. The van der Waals surface area contributed by atoms with Gasteiger partial charge in [-0.15, -0.1) is 13.2 Å². The first-order valence-corrected chi connectivity index (χ1v) is 8.99. The number of amides is 1. The van der Waals surface area contributed by atoms with Crippen LogP contribution in [0.2, 0.25) is 5.02 Å². The summed E-state index contributed by atoms with van der Waals surface area (Å²) < 4.78 is 42.0. The molecule has 0 bridgehead atoms. The lowest BCUT2D eigenvalue weighted by atomic mass is 10.1. The second-order valence-electron chi connectivity index (χ2n) is 6.31. The molecule has 1 heterocycles. The number of carbonyl (C=O) groups is 1. The van der Waals surface area contributed by atoms with E-state index in [0.717, 1.165) is 10.7 Å². The Bertz CT molecular complexity index is 1350. The lowest BCUT2D eigenvalue weighted by Gasteiger charge is -2.12. The Kier molecular flexibility index (Phi) is 5.11. The van der Waals surface area contributed by atoms with Gasteiger partial charge in [0.1, 0.15) is 5.75 Å². The maximum absolute atomic E-state index is 12.8. The van der Waals surface area contributed by atoms with E-state index in [1.807, 2.05) is 0 Å². The molecule has 0 saturated heterocycles. The summed E-state index contributed by atoms with van der Waals surface area (Å²) in [5, 5.41) is 13.2. The number of carbonyl (C=O) groups excluding carboxylic acids is 1. The van der Waals surface area contributed by atoms with Crippen LogP contribution in [-0.2, 0) is 0 Å². The van der Waals surface area contributed by atoms with Gasteiger partial charge in [0.05, 0.1) is 11.4 Å². The van der Waals surface area contributed by atoms with Crippen LogP contribution in [0, 0.1) is 0 Å². The largest absolute Gasteiger partial charge is 0.573 e. The highest BCUT2D eigenvalue weighted by molar-refractivity contribution is 6.31. The van der Waals surface area contributed by atoms with E-state index >= 15 is 0 Å². The highest BCUT2D eigenvalue weighted by atomic mass is 35.5. The van der Waals surface area contributed by atoms with E-state index in [0.29, 0.717) is 15.8 Å². The van der Waals surface area contributed by atoms with Crippen molar-refractivity contribution in [1.29, 1.82) is 0 Å². The van der Waals surface area contributed by atoms with E-state index in [-0.39, 0.29) is 22.7 Å². The molecule has 8 nitrogen and oxygen atoms in total. The molecule has 0 aliphatic rings. The molecule has 0 radical (unpaired) electrons. The predicted molar refractivity (Wildman–Crippen MR) is 106 cm³/mol. The number of fused-ring (bicyclic) bond motifs is 1. The number of hydrogen-bond acceptors (Lipinski definition) is 5. The highest BCUT2D eigenvalue weighted by Crippen LogP contribution is 2.28. The number of H-pyrrole nitrogens is 1. The smallest absolute Gasteiger partial charge is 0.406 e. The molecule has 12 heteroatoms. The normalized spacial score (nSPS) is 11.5. The Morgan fingerprint density at radius 3 is 2.52 bits per heavy atom. The van der Waals surface area contributed by atoms with Crippen LogP contribution in [0.25, 0.3) is 16.5 Å². The molecule has 31 heavy (non-hydrogen) atoms. The number of rotatable bonds is 4. The van der Waals surface area contributed by atoms with Crippen molar-refractivity contribution in [1.82, 2.24) is 20.2 Å². The van der Waals surface area contributed by atoms with Crippen molar-refractivity contribution in [2.24, 2.45) is 0 Å². The monoisotopic (exact) mass is 449 g/mol. The molecule has 0 unspecified atom stereocenters. The lowest BCUT2D eigenvalue weighted by molar-refractivity contribution is -0.274. The van der Waals surface area contributed by atoms with Gasteiger partial charge in [-0.1, -0.05) is 23.7 Å². The summed E-state index contributed by atoms with van der Waals surface area (Å²) in [4.78, 5) is 24.6. The predicted octanol–water partition coefficient (Wildman–Crippen LogP) is 3.91. The molecule has 158 valence electrons. The van der Waals surface area contributed by atoms with Crippen LogP contribution in [0.1, 0.15) is 10.4 Å². The van der Waals surface area contributed by atoms with Gasteiger partial charge in [-0.05, 0) is 63.7 Å². The quantitative estimate of drug-likeness (QED) is 0.492. The van der Waals surface area contributed by atoms with E-state index in [1.54, 1.807) is 0 Å². The number of ether oxygens (including phenoxy) is 1. The van der Waals surface area contributed by atoms with E-state index in [1.165, 1.54) is 48.5 Å². The van der Waals surface area contributed by atoms with Crippen LogP contribution in [0.15, 0.2) is 59.4 Å². The maximum Gasteiger partial charge on any atom is 0.573 e. The van der Waals surface area contributed by atoms with Crippen LogP contribution in [-0.4, -0.2) is 32.5 Å². The molecule has 0 fully saturated rings. The topological polar surface area (TPSA) is 102 Å². The van der Waals surface area contributed by atoms with Gasteiger partial charge in [0.2, 0.25) is 0 Å². The standard InChI is InChI=1S/C19H11ClF3N5O3/c20-13-4-6-15(16(9-13)28-18(30)25-26-27-28)24-17(29)12-2-1-11-8-14(31-19(21,22)23)5-3-10(11)7-12/h1-9H,(H,24,29)(H,25,27,30). The van der Waals surface area contributed by atoms with E-state index in [2.05, 4.69) is 25.6 Å². The molecular weight excluding hydrogens is 439 g/mol. The second-order valence-corrected chi connectivity index (χ2v) is 6.74. The zero-order valence-corrected chi connectivity index (χ0v) is 16.0. The number of aromatic amines is 1. The molecule has 1 amide bonds. The second kappa shape index (κ2) is 7.76. The average molecular weight is 450 g/mol. The van der Waals surface area contributed by atoms with Crippen molar-refractivity contribution >= 4 is 34.0 Å². The third-order valence-electron chi connectivity index (χ3n) is 4.22. The van der Waals surface area contributed by atoms with E-state index in [9.17, 15) is 22.8 Å². The molecular formula is C19H11ClF3N5O3. The number of halogens is 4. The molecule has 2 N–H and O–H groups in total. The number of hydrogen-bond donors (Lipinski definition) is 2. The summed E-state index contributed by atoms with van der Waals surface area (Å²) >= 11 is 5.99. The molecule has 0 aliphatic carbocycles. The average Bonchev–Trinajstić information content (AvgIpc) is 3.13. The van der Waals surface area contributed by atoms with Crippen molar-refractivity contribution in [3.63, 3.8) is 0 Å².